The molecule has 2 fully saturated rings. The van der Waals surface area contributed by atoms with Crippen LogP contribution in [-0.4, -0.2) is 37.9 Å². The van der Waals surface area contributed by atoms with Gasteiger partial charge in [-0.25, -0.2) is 8.42 Å². The maximum Gasteiger partial charge on any atom is 0.243 e. The van der Waals surface area contributed by atoms with E-state index in [0.717, 1.165) is 25.7 Å². The zero-order valence-corrected chi connectivity index (χ0v) is 15.8. The third-order valence-corrected chi connectivity index (χ3v) is 7.87. The summed E-state index contributed by atoms with van der Waals surface area (Å²) in [7, 11) is -1.62. The first-order valence-corrected chi connectivity index (χ1v) is 10.3. The van der Waals surface area contributed by atoms with Gasteiger partial charge >= 0.3 is 0 Å². The van der Waals surface area contributed by atoms with Crippen LogP contribution in [-0.2, 0) is 22.9 Å². The van der Waals surface area contributed by atoms with E-state index in [1.165, 1.54) is 36.8 Å². The Morgan fingerprint density at radius 1 is 1.04 bits per heavy atom. The van der Waals surface area contributed by atoms with Crippen molar-refractivity contribution in [2.24, 2.45) is 0 Å². The number of sulfonamides is 1. The first-order chi connectivity index (χ1) is 11.0. The summed E-state index contributed by atoms with van der Waals surface area (Å²) in [6, 6.07) is 6.90. The zero-order valence-electron chi connectivity index (χ0n) is 14.2. The molecule has 2 atom stereocenters. The predicted octanol–water partition coefficient (Wildman–Crippen LogP) is 2.89. The molecule has 4 rings (SSSR count). The van der Waals surface area contributed by atoms with Gasteiger partial charge in [0.1, 0.15) is 0 Å². The minimum atomic E-state index is -3.39. The highest BCUT2D eigenvalue weighted by Crippen LogP contribution is 2.32. The minimum absolute atomic E-state index is 0. The quantitative estimate of drug-likeness (QED) is 0.890. The zero-order chi connectivity index (χ0) is 16.0. The lowest BCUT2D eigenvalue weighted by molar-refractivity contribution is 0.251. The molecular formula is C18H27ClN2O2S. The fourth-order valence-corrected chi connectivity index (χ4v) is 5.99. The fourth-order valence-electron chi connectivity index (χ4n) is 4.56. The molecule has 2 unspecified atom stereocenters. The molecule has 0 saturated carbocycles. The monoisotopic (exact) mass is 370 g/mol. The summed E-state index contributed by atoms with van der Waals surface area (Å²) in [6.07, 6.45) is 8.75. The van der Waals surface area contributed by atoms with Gasteiger partial charge in [0, 0.05) is 25.2 Å². The van der Waals surface area contributed by atoms with Gasteiger partial charge in [0.05, 0.1) is 4.90 Å². The maximum atomic E-state index is 13.1. The van der Waals surface area contributed by atoms with Crippen LogP contribution >= 0.6 is 12.4 Å². The van der Waals surface area contributed by atoms with E-state index < -0.39 is 10.0 Å². The van der Waals surface area contributed by atoms with Gasteiger partial charge in [0.15, 0.2) is 0 Å². The van der Waals surface area contributed by atoms with Crippen LogP contribution in [0.4, 0.5) is 0 Å². The largest absolute Gasteiger partial charge is 0.311 e. The molecule has 3 aliphatic rings. The summed E-state index contributed by atoms with van der Waals surface area (Å²) < 4.78 is 27.8. The molecule has 0 spiro atoms. The van der Waals surface area contributed by atoms with Crippen molar-refractivity contribution in [2.75, 3.05) is 7.05 Å². The highest BCUT2D eigenvalue weighted by molar-refractivity contribution is 7.89. The van der Waals surface area contributed by atoms with Crippen LogP contribution < -0.4 is 5.32 Å². The molecule has 2 aliphatic heterocycles. The van der Waals surface area contributed by atoms with Gasteiger partial charge in [-0.15, -0.1) is 12.4 Å². The van der Waals surface area contributed by atoms with Gasteiger partial charge < -0.3 is 5.32 Å². The van der Waals surface area contributed by atoms with Crippen molar-refractivity contribution in [3.8, 4) is 0 Å². The number of nitrogens with zero attached hydrogens (tertiary/aromatic N) is 1. The van der Waals surface area contributed by atoms with Crippen molar-refractivity contribution in [1.82, 2.24) is 9.62 Å². The Hall–Kier alpha value is -0.620. The normalized spacial score (nSPS) is 29.2. The van der Waals surface area contributed by atoms with Crippen LogP contribution in [0.25, 0.3) is 0 Å². The van der Waals surface area contributed by atoms with E-state index in [1.807, 2.05) is 18.2 Å². The highest BCUT2D eigenvalue weighted by atomic mass is 35.5. The second-order valence-electron chi connectivity index (χ2n) is 7.42. The second kappa shape index (κ2) is 6.94. The molecule has 0 aromatic heterocycles. The Balaban J connectivity index is 0.00000169. The molecule has 2 saturated heterocycles. The number of rotatable bonds is 3. The first kappa shape index (κ1) is 18.2. The van der Waals surface area contributed by atoms with Gasteiger partial charge in [0.25, 0.3) is 0 Å². The summed E-state index contributed by atoms with van der Waals surface area (Å²) in [5, 5.41) is 3.59. The highest BCUT2D eigenvalue weighted by Gasteiger charge is 2.38. The van der Waals surface area contributed by atoms with E-state index in [4.69, 9.17) is 0 Å². The second-order valence-corrected chi connectivity index (χ2v) is 9.42. The van der Waals surface area contributed by atoms with E-state index in [0.29, 0.717) is 17.0 Å². The molecule has 1 N–H and O–H groups in total. The summed E-state index contributed by atoms with van der Waals surface area (Å²) in [6.45, 7) is 0. The predicted molar refractivity (Wildman–Crippen MR) is 98.2 cm³/mol. The average molecular weight is 371 g/mol. The molecule has 6 heteroatoms. The third kappa shape index (κ3) is 3.24. The molecule has 2 heterocycles. The Morgan fingerprint density at radius 2 is 1.67 bits per heavy atom. The van der Waals surface area contributed by atoms with E-state index in [9.17, 15) is 8.42 Å². The topological polar surface area (TPSA) is 49.4 Å². The smallest absolute Gasteiger partial charge is 0.243 e. The summed E-state index contributed by atoms with van der Waals surface area (Å²) >= 11 is 0. The lowest BCUT2D eigenvalue weighted by Gasteiger charge is -2.35. The van der Waals surface area contributed by atoms with Gasteiger partial charge in [-0.05, 0) is 74.6 Å². The number of benzene rings is 1. The van der Waals surface area contributed by atoms with Crippen LogP contribution in [0.1, 0.15) is 49.7 Å². The molecule has 0 amide bonds. The van der Waals surface area contributed by atoms with Crippen molar-refractivity contribution < 1.29 is 8.42 Å². The fraction of sp³-hybridized carbons (Fsp3) is 0.667. The van der Waals surface area contributed by atoms with Crippen molar-refractivity contribution in [1.29, 1.82) is 0 Å². The Bertz CT molecular complexity index is 695. The van der Waals surface area contributed by atoms with Crippen LogP contribution in [0.3, 0.4) is 0 Å². The standard InChI is InChI=1S/C18H26N2O2S.ClH/c1-20(17-11-15-7-8-16(12-17)19-15)23(21,22)18-9-6-13-4-2-3-5-14(13)10-18;/h6,9-10,15-17,19H,2-5,7-8,11-12H2,1H3;1H. The molecule has 1 aliphatic carbocycles. The number of hydrogen-bond acceptors (Lipinski definition) is 3. The van der Waals surface area contributed by atoms with Crippen molar-refractivity contribution in [3.05, 3.63) is 29.3 Å². The molecule has 134 valence electrons. The molecule has 4 nitrogen and oxygen atoms in total. The number of fused-ring (bicyclic) bond motifs is 3. The number of aryl methyl sites for hydroxylation is 2. The summed E-state index contributed by atoms with van der Waals surface area (Å²) in [4.78, 5) is 0.478. The van der Waals surface area contributed by atoms with E-state index >= 15 is 0 Å². The van der Waals surface area contributed by atoms with Gasteiger partial charge in [0.2, 0.25) is 10.0 Å². The van der Waals surface area contributed by atoms with Gasteiger partial charge in [-0.1, -0.05) is 6.07 Å². The summed E-state index contributed by atoms with van der Waals surface area (Å²) in [5.41, 5.74) is 2.56. The Kier molecular flexibility index (Phi) is 5.26. The SMILES string of the molecule is CN(C1CC2CCC(C1)N2)S(=O)(=O)c1ccc2c(c1)CCCC2.Cl. The van der Waals surface area contributed by atoms with Crippen molar-refractivity contribution in [3.63, 3.8) is 0 Å². The van der Waals surface area contributed by atoms with Gasteiger partial charge in [-0.2, -0.15) is 4.31 Å². The van der Waals surface area contributed by atoms with E-state index in [1.54, 1.807) is 11.4 Å². The van der Waals surface area contributed by atoms with Crippen LogP contribution in [0.5, 0.6) is 0 Å². The van der Waals surface area contributed by atoms with E-state index in [2.05, 4.69) is 5.32 Å². The molecular weight excluding hydrogens is 344 g/mol. The third-order valence-electron chi connectivity index (χ3n) is 5.96. The van der Waals surface area contributed by atoms with Gasteiger partial charge in [-0.3, -0.25) is 0 Å². The average Bonchev–Trinajstić information content (AvgIpc) is 2.91. The molecule has 1 aromatic carbocycles. The minimum Gasteiger partial charge on any atom is -0.311 e. The number of hydrogen-bond donors (Lipinski definition) is 1. The summed E-state index contributed by atoms with van der Waals surface area (Å²) in [5.74, 6) is 0. The molecule has 1 aromatic rings. The number of piperidine rings is 1. The first-order valence-electron chi connectivity index (χ1n) is 8.90. The number of nitrogens with one attached hydrogen (secondary N) is 1. The Labute approximate surface area is 151 Å². The van der Waals surface area contributed by atoms with Crippen LogP contribution in [0.2, 0.25) is 0 Å². The number of halogens is 1. The van der Waals surface area contributed by atoms with Crippen LogP contribution in [0, 0.1) is 0 Å². The van der Waals surface area contributed by atoms with Crippen LogP contribution in [0.15, 0.2) is 23.1 Å². The lowest BCUT2D eigenvalue weighted by Crippen LogP contribution is -2.48. The lowest BCUT2D eigenvalue weighted by atomic mass is 9.92. The molecule has 24 heavy (non-hydrogen) atoms. The molecule has 2 bridgehead atoms. The molecule has 0 radical (unpaired) electrons. The van der Waals surface area contributed by atoms with E-state index in [-0.39, 0.29) is 18.4 Å². The maximum absolute atomic E-state index is 13.1. The van der Waals surface area contributed by atoms with Crippen molar-refractivity contribution >= 4 is 22.4 Å². The van der Waals surface area contributed by atoms with Crippen molar-refractivity contribution in [2.45, 2.75) is 74.4 Å². The Morgan fingerprint density at radius 3 is 2.33 bits per heavy atom.